The van der Waals surface area contributed by atoms with Crippen molar-refractivity contribution in [2.24, 2.45) is 11.8 Å². The molecule has 0 unspecified atom stereocenters. The predicted molar refractivity (Wildman–Crippen MR) is 42.2 cm³/mol. The lowest BCUT2D eigenvalue weighted by molar-refractivity contribution is -0.141. The molecule has 64 valence electrons. The highest BCUT2D eigenvalue weighted by atomic mass is 16.5. The first kappa shape index (κ1) is 8.53. The second kappa shape index (κ2) is 3.72. The summed E-state index contributed by atoms with van der Waals surface area (Å²) in [6, 6.07) is 0. The molecule has 1 N–H and O–H groups in total. The molecule has 1 aliphatic heterocycles. The van der Waals surface area contributed by atoms with Gasteiger partial charge in [-0.15, -0.1) is 0 Å². The van der Waals surface area contributed by atoms with Gasteiger partial charge >= 0.3 is 5.97 Å². The summed E-state index contributed by atoms with van der Waals surface area (Å²) in [6.45, 7) is 4.14. The van der Waals surface area contributed by atoms with Crippen LogP contribution in [0.5, 0.6) is 0 Å². The van der Waals surface area contributed by atoms with Gasteiger partial charge in [-0.2, -0.15) is 0 Å². The van der Waals surface area contributed by atoms with E-state index < -0.39 is 0 Å². The van der Waals surface area contributed by atoms with Crippen LogP contribution in [0, 0.1) is 11.8 Å². The Bertz CT molecular complexity index is 147. The first-order valence-electron chi connectivity index (χ1n) is 4.01. The third-order valence-electron chi connectivity index (χ3n) is 2.33. The molecule has 1 aliphatic rings. The summed E-state index contributed by atoms with van der Waals surface area (Å²) in [4.78, 5) is 10.9. The minimum absolute atomic E-state index is 0.0921. The zero-order valence-corrected chi connectivity index (χ0v) is 7.09. The Morgan fingerprint density at radius 3 is 2.82 bits per heavy atom. The zero-order chi connectivity index (χ0) is 8.27. The monoisotopic (exact) mass is 157 g/mol. The molecule has 0 aliphatic carbocycles. The Morgan fingerprint density at radius 2 is 2.36 bits per heavy atom. The largest absolute Gasteiger partial charge is 0.469 e. The quantitative estimate of drug-likeness (QED) is 0.590. The zero-order valence-electron chi connectivity index (χ0n) is 7.09. The lowest BCUT2D eigenvalue weighted by atomic mass is 9.95. The summed E-state index contributed by atoms with van der Waals surface area (Å²) in [7, 11) is 1.44. The molecular formula is C8H15NO2. The van der Waals surface area contributed by atoms with Crippen molar-refractivity contribution < 1.29 is 9.53 Å². The maximum atomic E-state index is 10.9. The van der Waals surface area contributed by atoms with Crippen molar-refractivity contribution in [2.45, 2.75) is 13.3 Å². The number of hydrogen-bond donors (Lipinski definition) is 1. The lowest BCUT2D eigenvalue weighted by Crippen LogP contribution is -2.15. The van der Waals surface area contributed by atoms with E-state index in [0.717, 1.165) is 13.1 Å². The Labute approximate surface area is 67.1 Å². The molecule has 11 heavy (non-hydrogen) atoms. The SMILES string of the molecule is COC(=O)C[C@@H]1CNC[C@H]1C. The van der Waals surface area contributed by atoms with Gasteiger partial charge in [0.05, 0.1) is 7.11 Å². The average molecular weight is 157 g/mol. The smallest absolute Gasteiger partial charge is 0.305 e. The average Bonchev–Trinajstić information content (AvgIpc) is 2.37. The predicted octanol–water partition coefficient (Wildman–Crippen LogP) is 0.405. The summed E-state index contributed by atoms with van der Waals surface area (Å²) in [6.07, 6.45) is 0.560. The number of hydrogen-bond acceptors (Lipinski definition) is 3. The van der Waals surface area contributed by atoms with Crippen LogP contribution in [-0.4, -0.2) is 26.2 Å². The van der Waals surface area contributed by atoms with Crippen LogP contribution in [0.15, 0.2) is 0 Å². The normalized spacial score (nSPS) is 30.4. The second-order valence-electron chi connectivity index (χ2n) is 3.18. The maximum absolute atomic E-state index is 10.9. The molecule has 2 atom stereocenters. The van der Waals surface area contributed by atoms with Gasteiger partial charge in [0, 0.05) is 6.42 Å². The van der Waals surface area contributed by atoms with Crippen LogP contribution in [0.3, 0.4) is 0 Å². The molecule has 0 aromatic carbocycles. The standard InChI is InChI=1S/C8H15NO2/c1-6-4-9-5-7(6)3-8(10)11-2/h6-7,9H,3-5H2,1-2H3/t6-,7-/m1/s1. The third kappa shape index (κ3) is 2.19. The van der Waals surface area contributed by atoms with Crippen molar-refractivity contribution in [1.29, 1.82) is 0 Å². The van der Waals surface area contributed by atoms with E-state index in [0.29, 0.717) is 18.3 Å². The van der Waals surface area contributed by atoms with E-state index in [9.17, 15) is 4.79 Å². The number of carbonyl (C=O) groups is 1. The molecule has 0 aromatic rings. The van der Waals surface area contributed by atoms with Crippen molar-refractivity contribution in [2.75, 3.05) is 20.2 Å². The molecule has 0 aromatic heterocycles. The molecule has 0 bridgehead atoms. The number of ether oxygens (including phenoxy) is 1. The van der Waals surface area contributed by atoms with E-state index >= 15 is 0 Å². The molecule has 0 saturated carbocycles. The van der Waals surface area contributed by atoms with Crippen LogP contribution >= 0.6 is 0 Å². The Morgan fingerprint density at radius 1 is 1.64 bits per heavy atom. The van der Waals surface area contributed by atoms with E-state index in [1.54, 1.807) is 0 Å². The highest BCUT2D eigenvalue weighted by Crippen LogP contribution is 2.19. The minimum atomic E-state index is -0.0921. The van der Waals surface area contributed by atoms with Crippen LogP contribution < -0.4 is 5.32 Å². The van der Waals surface area contributed by atoms with Gasteiger partial charge in [0.15, 0.2) is 0 Å². The molecule has 3 heteroatoms. The van der Waals surface area contributed by atoms with Gasteiger partial charge < -0.3 is 10.1 Å². The van der Waals surface area contributed by atoms with Gasteiger partial charge in [0.1, 0.15) is 0 Å². The van der Waals surface area contributed by atoms with Crippen molar-refractivity contribution >= 4 is 5.97 Å². The van der Waals surface area contributed by atoms with Crippen molar-refractivity contribution in [1.82, 2.24) is 5.32 Å². The Kier molecular flexibility index (Phi) is 2.88. The van der Waals surface area contributed by atoms with Crippen molar-refractivity contribution in [3.05, 3.63) is 0 Å². The Balaban J connectivity index is 2.30. The summed E-state index contributed by atoms with van der Waals surface area (Å²) < 4.78 is 4.59. The maximum Gasteiger partial charge on any atom is 0.305 e. The summed E-state index contributed by atoms with van der Waals surface area (Å²) in [5, 5.41) is 3.24. The van der Waals surface area contributed by atoms with Gasteiger partial charge in [-0.1, -0.05) is 6.92 Å². The highest BCUT2D eigenvalue weighted by molar-refractivity contribution is 5.69. The van der Waals surface area contributed by atoms with E-state index in [-0.39, 0.29) is 5.97 Å². The second-order valence-corrected chi connectivity index (χ2v) is 3.18. The number of nitrogens with one attached hydrogen (secondary N) is 1. The highest BCUT2D eigenvalue weighted by Gasteiger charge is 2.25. The van der Waals surface area contributed by atoms with Gasteiger partial charge in [-0.05, 0) is 24.9 Å². The van der Waals surface area contributed by atoms with Crippen LogP contribution in [0.4, 0.5) is 0 Å². The molecule has 0 amide bonds. The van der Waals surface area contributed by atoms with Crippen molar-refractivity contribution in [3.8, 4) is 0 Å². The Hall–Kier alpha value is -0.570. The molecular weight excluding hydrogens is 142 g/mol. The molecule has 1 rings (SSSR count). The van der Waals surface area contributed by atoms with Crippen LogP contribution in [0.25, 0.3) is 0 Å². The number of carbonyl (C=O) groups excluding carboxylic acids is 1. The fraction of sp³-hybridized carbons (Fsp3) is 0.875. The number of methoxy groups -OCH3 is 1. The number of rotatable bonds is 2. The minimum Gasteiger partial charge on any atom is -0.469 e. The summed E-state index contributed by atoms with van der Waals surface area (Å²) >= 11 is 0. The molecule has 1 heterocycles. The molecule has 1 fully saturated rings. The van der Waals surface area contributed by atoms with Crippen molar-refractivity contribution in [3.63, 3.8) is 0 Å². The van der Waals surface area contributed by atoms with Crippen LogP contribution in [0.2, 0.25) is 0 Å². The molecule has 1 saturated heterocycles. The lowest BCUT2D eigenvalue weighted by Gasteiger charge is -2.11. The van der Waals surface area contributed by atoms with Crippen LogP contribution in [0.1, 0.15) is 13.3 Å². The van der Waals surface area contributed by atoms with Crippen LogP contribution in [-0.2, 0) is 9.53 Å². The third-order valence-corrected chi connectivity index (χ3v) is 2.33. The van der Waals surface area contributed by atoms with Gasteiger partial charge in [0.2, 0.25) is 0 Å². The first-order chi connectivity index (χ1) is 5.24. The fourth-order valence-electron chi connectivity index (χ4n) is 1.44. The van der Waals surface area contributed by atoms with E-state index in [2.05, 4.69) is 17.0 Å². The van der Waals surface area contributed by atoms with Gasteiger partial charge in [-0.25, -0.2) is 0 Å². The molecule has 0 radical (unpaired) electrons. The van der Waals surface area contributed by atoms with E-state index in [1.807, 2.05) is 0 Å². The van der Waals surface area contributed by atoms with E-state index in [1.165, 1.54) is 7.11 Å². The van der Waals surface area contributed by atoms with E-state index in [4.69, 9.17) is 0 Å². The van der Waals surface area contributed by atoms with Gasteiger partial charge in [0.25, 0.3) is 0 Å². The topological polar surface area (TPSA) is 38.3 Å². The first-order valence-corrected chi connectivity index (χ1v) is 4.01. The number of esters is 1. The summed E-state index contributed by atoms with van der Waals surface area (Å²) in [5.74, 6) is 0.988. The molecule has 0 spiro atoms. The summed E-state index contributed by atoms with van der Waals surface area (Å²) in [5.41, 5.74) is 0. The fourth-order valence-corrected chi connectivity index (χ4v) is 1.44. The molecule has 3 nitrogen and oxygen atoms in total. The van der Waals surface area contributed by atoms with Gasteiger partial charge in [-0.3, -0.25) is 4.79 Å².